The molecule has 1 aromatic rings. The number of unbranched alkanes of at least 4 members (excludes halogenated alkanes) is 1. The highest BCUT2D eigenvalue weighted by Crippen LogP contribution is 2.09. The minimum Gasteiger partial charge on any atom is -0.339 e. The molecule has 2 rings (SSSR count). The van der Waals surface area contributed by atoms with Crippen LogP contribution >= 0.6 is 0 Å². The van der Waals surface area contributed by atoms with E-state index in [0.29, 0.717) is 24.7 Å². The molecule has 0 spiro atoms. The summed E-state index contributed by atoms with van der Waals surface area (Å²) in [5.41, 5.74) is 0. The van der Waals surface area contributed by atoms with E-state index in [-0.39, 0.29) is 17.5 Å². The second-order valence-corrected chi connectivity index (χ2v) is 6.91. The number of hydrogen-bond donors (Lipinski definition) is 1. The first kappa shape index (κ1) is 13.5. The lowest BCUT2D eigenvalue weighted by molar-refractivity contribution is 0.356. The number of nitrogens with one attached hydrogen (secondary N) is 1. The third kappa shape index (κ3) is 3.78. The van der Waals surface area contributed by atoms with Gasteiger partial charge in [0.1, 0.15) is 0 Å². The first-order chi connectivity index (χ1) is 8.59. The molecule has 0 amide bonds. The molecule has 102 valence electrons. The van der Waals surface area contributed by atoms with Crippen LogP contribution in [0.4, 0.5) is 0 Å². The number of nitrogens with zero attached hydrogens (tertiary/aromatic N) is 2. The summed E-state index contributed by atoms with van der Waals surface area (Å²) in [6, 6.07) is -0.108. The Balaban J connectivity index is 1.91. The van der Waals surface area contributed by atoms with Crippen LogP contribution in [0.15, 0.2) is 4.52 Å². The standard InChI is InChI=1S/C11H19N3O3S/c1-2-3-4-10-13-11(17-14-10)7-9-8-18(15,16)6-5-12-9/h9,12H,2-8H2,1H3. The first-order valence-electron chi connectivity index (χ1n) is 6.34. The molecule has 1 unspecified atom stereocenters. The third-order valence-corrected chi connectivity index (χ3v) is 4.72. The van der Waals surface area contributed by atoms with E-state index in [0.717, 1.165) is 19.3 Å². The van der Waals surface area contributed by atoms with Crippen LogP contribution in [-0.2, 0) is 22.7 Å². The van der Waals surface area contributed by atoms with Crippen LogP contribution in [0.3, 0.4) is 0 Å². The summed E-state index contributed by atoms with van der Waals surface area (Å²) in [4.78, 5) is 4.28. The smallest absolute Gasteiger partial charge is 0.228 e. The molecule has 1 aliphatic heterocycles. The van der Waals surface area contributed by atoms with Crippen LogP contribution in [0.25, 0.3) is 0 Å². The minimum atomic E-state index is -2.91. The zero-order valence-electron chi connectivity index (χ0n) is 10.6. The van der Waals surface area contributed by atoms with E-state index in [4.69, 9.17) is 4.52 Å². The van der Waals surface area contributed by atoms with Gasteiger partial charge in [0, 0.05) is 25.4 Å². The summed E-state index contributed by atoms with van der Waals surface area (Å²) in [5, 5.41) is 7.06. The first-order valence-corrected chi connectivity index (χ1v) is 8.16. The second-order valence-electron chi connectivity index (χ2n) is 4.68. The van der Waals surface area contributed by atoms with Crippen LogP contribution in [-0.4, -0.2) is 42.7 Å². The fourth-order valence-corrected chi connectivity index (χ4v) is 3.46. The van der Waals surface area contributed by atoms with Gasteiger partial charge in [-0.25, -0.2) is 8.42 Å². The lowest BCUT2D eigenvalue weighted by Gasteiger charge is -2.21. The molecule has 7 heteroatoms. The van der Waals surface area contributed by atoms with Crippen molar-refractivity contribution in [2.75, 3.05) is 18.1 Å². The van der Waals surface area contributed by atoms with E-state index in [1.165, 1.54) is 0 Å². The van der Waals surface area contributed by atoms with E-state index in [1.807, 2.05) is 0 Å². The maximum atomic E-state index is 11.5. The lowest BCUT2D eigenvalue weighted by atomic mass is 10.2. The topological polar surface area (TPSA) is 85.1 Å². The van der Waals surface area contributed by atoms with Crippen LogP contribution in [0.5, 0.6) is 0 Å². The van der Waals surface area contributed by atoms with Crippen molar-refractivity contribution >= 4 is 9.84 Å². The molecule has 0 bridgehead atoms. The number of aromatic nitrogens is 2. The van der Waals surface area contributed by atoms with Gasteiger partial charge in [0.15, 0.2) is 15.7 Å². The molecule has 1 saturated heterocycles. The Morgan fingerprint density at radius 3 is 3.06 bits per heavy atom. The fourth-order valence-electron chi connectivity index (χ4n) is 2.02. The molecule has 2 heterocycles. The van der Waals surface area contributed by atoms with E-state index >= 15 is 0 Å². The van der Waals surface area contributed by atoms with Gasteiger partial charge in [-0.2, -0.15) is 4.98 Å². The van der Waals surface area contributed by atoms with Crippen molar-refractivity contribution in [1.82, 2.24) is 15.5 Å². The average Bonchev–Trinajstić information content (AvgIpc) is 2.73. The van der Waals surface area contributed by atoms with E-state index in [1.54, 1.807) is 0 Å². The monoisotopic (exact) mass is 273 g/mol. The van der Waals surface area contributed by atoms with Gasteiger partial charge in [-0.15, -0.1) is 0 Å². The van der Waals surface area contributed by atoms with Crippen LogP contribution < -0.4 is 5.32 Å². The molecule has 0 aromatic carbocycles. The quantitative estimate of drug-likeness (QED) is 0.832. The van der Waals surface area contributed by atoms with Crippen molar-refractivity contribution in [3.63, 3.8) is 0 Å². The second kappa shape index (κ2) is 5.79. The van der Waals surface area contributed by atoms with Gasteiger partial charge < -0.3 is 9.84 Å². The molecule has 0 radical (unpaired) electrons. The summed E-state index contributed by atoms with van der Waals surface area (Å²) in [7, 11) is -2.91. The molecule has 1 N–H and O–H groups in total. The number of sulfone groups is 1. The van der Waals surface area contributed by atoms with Crippen molar-refractivity contribution in [1.29, 1.82) is 0 Å². The van der Waals surface area contributed by atoms with Crippen molar-refractivity contribution in [3.8, 4) is 0 Å². The van der Waals surface area contributed by atoms with Gasteiger partial charge in [-0.05, 0) is 6.42 Å². The normalized spacial score (nSPS) is 23.1. The summed E-state index contributed by atoms with van der Waals surface area (Å²) >= 11 is 0. The highest BCUT2D eigenvalue weighted by atomic mass is 32.2. The summed E-state index contributed by atoms with van der Waals surface area (Å²) in [5.74, 6) is 1.61. The van der Waals surface area contributed by atoms with Gasteiger partial charge in [0.05, 0.1) is 11.5 Å². The Hall–Kier alpha value is -0.950. The van der Waals surface area contributed by atoms with Gasteiger partial charge in [0.2, 0.25) is 5.89 Å². The largest absolute Gasteiger partial charge is 0.339 e. The maximum absolute atomic E-state index is 11.5. The number of aryl methyl sites for hydroxylation is 1. The Kier molecular flexibility index (Phi) is 4.34. The third-order valence-electron chi connectivity index (χ3n) is 2.99. The molecular formula is C11H19N3O3S. The summed E-state index contributed by atoms with van der Waals surface area (Å²) in [6.45, 7) is 2.61. The van der Waals surface area contributed by atoms with Crippen LogP contribution in [0.2, 0.25) is 0 Å². The van der Waals surface area contributed by atoms with Gasteiger partial charge in [-0.3, -0.25) is 0 Å². The molecule has 1 fully saturated rings. The van der Waals surface area contributed by atoms with E-state index < -0.39 is 9.84 Å². The highest BCUT2D eigenvalue weighted by molar-refractivity contribution is 7.91. The zero-order valence-corrected chi connectivity index (χ0v) is 11.4. The van der Waals surface area contributed by atoms with Crippen LogP contribution in [0, 0.1) is 0 Å². The molecule has 1 aliphatic rings. The van der Waals surface area contributed by atoms with Gasteiger partial charge >= 0.3 is 0 Å². The van der Waals surface area contributed by atoms with Crippen molar-refractivity contribution in [2.45, 2.75) is 38.6 Å². The van der Waals surface area contributed by atoms with Gasteiger partial charge in [-0.1, -0.05) is 18.5 Å². The minimum absolute atomic E-state index is 0.108. The van der Waals surface area contributed by atoms with Crippen molar-refractivity contribution in [2.24, 2.45) is 0 Å². The molecule has 0 saturated carbocycles. The van der Waals surface area contributed by atoms with Crippen LogP contribution in [0.1, 0.15) is 31.5 Å². The van der Waals surface area contributed by atoms with E-state index in [9.17, 15) is 8.42 Å². The van der Waals surface area contributed by atoms with Gasteiger partial charge in [0.25, 0.3) is 0 Å². The predicted molar refractivity (Wildman–Crippen MR) is 67.1 cm³/mol. The maximum Gasteiger partial charge on any atom is 0.228 e. The van der Waals surface area contributed by atoms with Crippen molar-refractivity contribution < 1.29 is 12.9 Å². The summed E-state index contributed by atoms with van der Waals surface area (Å²) < 4.78 is 28.1. The highest BCUT2D eigenvalue weighted by Gasteiger charge is 2.25. The molecular weight excluding hydrogens is 254 g/mol. The number of rotatable bonds is 5. The lowest BCUT2D eigenvalue weighted by Crippen LogP contribution is -2.46. The Bertz CT molecular complexity index is 483. The molecule has 1 aromatic heterocycles. The molecule has 0 aliphatic carbocycles. The SMILES string of the molecule is CCCCc1noc(CC2CS(=O)(=O)CCN2)n1. The summed E-state index contributed by atoms with van der Waals surface area (Å²) in [6.07, 6.45) is 3.43. The Morgan fingerprint density at radius 1 is 1.50 bits per heavy atom. The fraction of sp³-hybridized carbons (Fsp3) is 0.818. The zero-order chi connectivity index (χ0) is 13.0. The Morgan fingerprint density at radius 2 is 2.33 bits per heavy atom. The molecule has 18 heavy (non-hydrogen) atoms. The average molecular weight is 273 g/mol. The van der Waals surface area contributed by atoms with E-state index in [2.05, 4.69) is 22.4 Å². The molecule has 1 atom stereocenters. The Labute approximate surface area is 107 Å². The predicted octanol–water partition coefficient (Wildman–Crippen LogP) is 0.341. The van der Waals surface area contributed by atoms with Crippen molar-refractivity contribution in [3.05, 3.63) is 11.7 Å². The number of hydrogen-bond acceptors (Lipinski definition) is 6. The molecule has 6 nitrogen and oxygen atoms in total.